The van der Waals surface area contributed by atoms with Crippen LogP contribution in [-0.4, -0.2) is 39.3 Å². The second kappa shape index (κ2) is 5.76. The van der Waals surface area contributed by atoms with Crippen LogP contribution < -0.4 is 9.62 Å². The number of hydrogen-bond donors (Lipinski definition) is 1. The Morgan fingerprint density at radius 3 is 2.89 bits per heavy atom. The van der Waals surface area contributed by atoms with E-state index in [4.69, 9.17) is 0 Å². The molecule has 0 saturated carbocycles. The molecule has 1 aliphatic rings. The lowest BCUT2D eigenvalue weighted by molar-refractivity contribution is 0.545. The lowest BCUT2D eigenvalue weighted by Gasteiger charge is -2.18. The maximum absolute atomic E-state index is 11.1. The summed E-state index contributed by atoms with van der Waals surface area (Å²) in [7, 11) is -3.10. The number of nitrogens with one attached hydrogen (secondary N) is 1. The Morgan fingerprint density at radius 2 is 2.26 bits per heavy atom. The fourth-order valence-electron chi connectivity index (χ4n) is 2.18. The smallest absolute Gasteiger partial charge is 0.208 e. The van der Waals surface area contributed by atoms with Gasteiger partial charge in [-0.1, -0.05) is 0 Å². The van der Waals surface area contributed by atoms with E-state index < -0.39 is 10.0 Å². The van der Waals surface area contributed by atoms with Gasteiger partial charge in [0.1, 0.15) is 5.82 Å². The molecule has 0 bridgehead atoms. The third-order valence-electron chi connectivity index (χ3n) is 3.25. The number of aryl methyl sites for hydroxylation is 1. The summed E-state index contributed by atoms with van der Waals surface area (Å²) in [6, 6.07) is 3.99. The molecule has 0 spiro atoms. The summed E-state index contributed by atoms with van der Waals surface area (Å²) in [5, 5.41) is 0. The van der Waals surface area contributed by atoms with Gasteiger partial charge in [0.2, 0.25) is 10.0 Å². The summed E-state index contributed by atoms with van der Waals surface area (Å²) < 4.78 is 25.7. The number of hydrogen-bond acceptors (Lipinski definition) is 4. The highest BCUT2D eigenvalue weighted by Gasteiger charge is 2.24. The average molecular weight is 348 g/mol. The number of halogens is 1. The molecule has 106 valence electrons. The molecule has 1 atom stereocenters. The third-order valence-corrected chi connectivity index (χ3v) is 4.78. The zero-order chi connectivity index (χ0) is 14.0. The number of sulfonamides is 1. The molecule has 0 radical (unpaired) electrons. The SMILES string of the molecule is Cc1nc(N2CCC(CNS(C)(=O)=O)C2)ccc1Br. The summed E-state index contributed by atoms with van der Waals surface area (Å²) in [5.74, 6) is 1.31. The topological polar surface area (TPSA) is 62.3 Å². The molecule has 19 heavy (non-hydrogen) atoms. The Labute approximate surface area is 122 Å². The Morgan fingerprint density at radius 1 is 1.53 bits per heavy atom. The van der Waals surface area contributed by atoms with Crippen LogP contribution in [0.1, 0.15) is 12.1 Å². The summed E-state index contributed by atoms with van der Waals surface area (Å²) in [6.45, 7) is 4.23. The predicted molar refractivity (Wildman–Crippen MR) is 79.8 cm³/mol. The van der Waals surface area contributed by atoms with Gasteiger partial charge in [0.05, 0.1) is 11.9 Å². The highest BCUT2D eigenvalue weighted by molar-refractivity contribution is 9.10. The standard InChI is InChI=1S/C12H18BrN3O2S/c1-9-11(13)3-4-12(15-9)16-6-5-10(8-16)7-14-19(2,17)18/h3-4,10,14H,5-8H2,1-2H3. The first-order valence-electron chi connectivity index (χ1n) is 6.18. The van der Waals surface area contributed by atoms with Gasteiger partial charge in [0.15, 0.2) is 0 Å². The molecule has 1 N–H and O–H groups in total. The summed E-state index contributed by atoms with van der Waals surface area (Å²) in [6.07, 6.45) is 2.18. The highest BCUT2D eigenvalue weighted by atomic mass is 79.9. The zero-order valence-electron chi connectivity index (χ0n) is 11.1. The molecule has 5 nitrogen and oxygen atoms in total. The Balaban J connectivity index is 1.96. The van der Waals surface area contributed by atoms with Crippen molar-refractivity contribution in [2.75, 3.05) is 30.8 Å². The number of aromatic nitrogens is 1. The first-order chi connectivity index (χ1) is 8.85. The molecule has 1 aliphatic heterocycles. The van der Waals surface area contributed by atoms with Crippen molar-refractivity contribution in [3.63, 3.8) is 0 Å². The van der Waals surface area contributed by atoms with E-state index >= 15 is 0 Å². The van der Waals surface area contributed by atoms with Crippen molar-refractivity contribution in [2.45, 2.75) is 13.3 Å². The van der Waals surface area contributed by atoms with Crippen LogP contribution in [0.5, 0.6) is 0 Å². The molecule has 1 fully saturated rings. The van der Waals surface area contributed by atoms with Gasteiger partial charge < -0.3 is 4.90 Å². The molecular formula is C12H18BrN3O2S. The van der Waals surface area contributed by atoms with E-state index in [1.165, 1.54) is 6.26 Å². The quantitative estimate of drug-likeness (QED) is 0.896. The van der Waals surface area contributed by atoms with Crippen LogP contribution in [0, 0.1) is 12.8 Å². The van der Waals surface area contributed by atoms with E-state index in [0.29, 0.717) is 12.5 Å². The van der Waals surface area contributed by atoms with Gasteiger partial charge in [-0.05, 0) is 47.3 Å². The Hall–Kier alpha value is -0.660. The van der Waals surface area contributed by atoms with Crippen molar-refractivity contribution in [1.29, 1.82) is 0 Å². The summed E-state index contributed by atoms with van der Waals surface area (Å²) in [4.78, 5) is 6.74. The van der Waals surface area contributed by atoms with Crippen molar-refractivity contribution >= 4 is 31.8 Å². The second-order valence-electron chi connectivity index (χ2n) is 4.96. The maximum atomic E-state index is 11.1. The van der Waals surface area contributed by atoms with Gasteiger partial charge in [0, 0.05) is 24.1 Å². The molecule has 0 aromatic carbocycles. The van der Waals surface area contributed by atoms with Crippen LogP contribution in [0.25, 0.3) is 0 Å². The van der Waals surface area contributed by atoms with Gasteiger partial charge in [-0.3, -0.25) is 0 Å². The van der Waals surface area contributed by atoms with Gasteiger partial charge in [-0.25, -0.2) is 18.1 Å². The van der Waals surface area contributed by atoms with E-state index in [0.717, 1.165) is 35.5 Å². The first-order valence-corrected chi connectivity index (χ1v) is 8.86. The average Bonchev–Trinajstić information content (AvgIpc) is 2.78. The van der Waals surface area contributed by atoms with Crippen LogP contribution in [0.2, 0.25) is 0 Å². The van der Waals surface area contributed by atoms with Crippen LogP contribution in [0.4, 0.5) is 5.82 Å². The Kier molecular flexibility index (Phi) is 4.47. The zero-order valence-corrected chi connectivity index (χ0v) is 13.5. The van der Waals surface area contributed by atoms with Crippen molar-refractivity contribution in [3.8, 4) is 0 Å². The van der Waals surface area contributed by atoms with Crippen LogP contribution in [0.15, 0.2) is 16.6 Å². The van der Waals surface area contributed by atoms with E-state index in [9.17, 15) is 8.42 Å². The van der Waals surface area contributed by atoms with E-state index in [1.807, 2.05) is 19.1 Å². The van der Waals surface area contributed by atoms with Gasteiger partial charge in [0.25, 0.3) is 0 Å². The van der Waals surface area contributed by atoms with Crippen molar-refractivity contribution in [3.05, 3.63) is 22.3 Å². The molecular weight excluding hydrogens is 330 g/mol. The number of rotatable bonds is 4. The number of nitrogens with zero attached hydrogens (tertiary/aromatic N) is 2. The molecule has 2 heterocycles. The number of anilines is 1. The van der Waals surface area contributed by atoms with Crippen LogP contribution >= 0.6 is 15.9 Å². The van der Waals surface area contributed by atoms with Crippen molar-refractivity contribution in [2.24, 2.45) is 5.92 Å². The molecule has 1 aromatic rings. The molecule has 7 heteroatoms. The first kappa shape index (κ1) is 14.7. The third kappa shape index (κ3) is 4.15. The lowest BCUT2D eigenvalue weighted by Crippen LogP contribution is -2.30. The maximum Gasteiger partial charge on any atom is 0.208 e. The fraction of sp³-hybridized carbons (Fsp3) is 0.583. The van der Waals surface area contributed by atoms with Gasteiger partial charge in [-0.2, -0.15) is 0 Å². The van der Waals surface area contributed by atoms with Gasteiger partial charge >= 0.3 is 0 Å². The Bertz CT molecular complexity index is 562. The van der Waals surface area contributed by atoms with E-state index in [-0.39, 0.29) is 0 Å². The van der Waals surface area contributed by atoms with Crippen LogP contribution in [-0.2, 0) is 10.0 Å². The molecule has 1 aromatic heterocycles. The normalized spacial score (nSPS) is 19.9. The van der Waals surface area contributed by atoms with Crippen molar-refractivity contribution in [1.82, 2.24) is 9.71 Å². The summed E-state index contributed by atoms with van der Waals surface area (Å²) >= 11 is 3.44. The minimum absolute atomic E-state index is 0.348. The predicted octanol–water partition coefficient (Wildman–Crippen LogP) is 1.53. The number of pyridine rings is 1. The molecule has 0 aliphatic carbocycles. The van der Waals surface area contributed by atoms with E-state index in [1.54, 1.807) is 0 Å². The van der Waals surface area contributed by atoms with Crippen molar-refractivity contribution < 1.29 is 8.42 Å². The fourth-order valence-corrected chi connectivity index (χ4v) is 2.94. The molecule has 1 saturated heterocycles. The summed E-state index contributed by atoms with van der Waals surface area (Å²) in [5.41, 5.74) is 0.968. The second-order valence-corrected chi connectivity index (χ2v) is 7.65. The minimum Gasteiger partial charge on any atom is -0.356 e. The van der Waals surface area contributed by atoms with E-state index in [2.05, 4.69) is 30.5 Å². The molecule has 2 rings (SSSR count). The highest BCUT2D eigenvalue weighted by Crippen LogP contribution is 2.24. The molecule has 1 unspecified atom stereocenters. The molecule has 0 amide bonds. The minimum atomic E-state index is -3.10. The van der Waals surface area contributed by atoms with Gasteiger partial charge in [-0.15, -0.1) is 0 Å². The monoisotopic (exact) mass is 347 g/mol. The van der Waals surface area contributed by atoms with Crippen LogP contribution in [0.3, 0.4) is 0 Å². The largest absolute Gasteiger partial charge is 0.356 e. The lowest BCUT2D eigenvalue weighted by atomic mass is 10.1.